The largest absolute Gasteiger partial charge is 0.491 e. The highest BCUT2D eigenvalue weighted by molar-refractivity contribution is 7.85. The van der Waals surface area contributed by atoms with Crippen LogP contribution in [0.3, 0.4) is 0 Å². The Morgan fingerprint density at radius 2 is 1.63 bits per heavy atom. The average molecular weight is 718 g/mol. The van der Waals surface area contributed by atoms with Crippen LogP contribution in [0.25, 0.3) is 0 Å². The van der Waals surface area contributed by atoms with E-state index >= 15 is 0 Å². The molecule has 6 atom stereocenters. The van der Waals surface area contributed by atoms with Crippen molar-refractivity contribution in [1.82, 2.24) is 15.5 Å². The van der Waals surface area contributed by atoms with Crippen LogP contribution in [-0.4, -0.2) is 143 Å². The molecule has 2 aliphatic heterocycles. The number of hydrogen-bond acceptors (Lipinski definition) is 14. The van der Waals surface area contributed by atoms with Crippen molar-refractivity contribution in [1.29, 1.82) is 0 Å². The lowest BCUT2D eigenvalue weighted by Gasteiger charge is -2.38. The van der Waals surface area contributed by atoms with Gasteiger partial charge in [-0.1, -0.05) is 12.5 Å². The molecule has 49 heavy (non-hydrogen) atoms. The van der Waals surface area contributed by atoms with Crippen molar-refractivity contribution in [2.45, 2.75) is 62.4 Å². The number of carbonyl (C=O) groups excluding carboxylic acids is 4. The number of nitrogens with zero attached hydrogens (tertiary/aromatic N) is 1. The number of benzene rings is 1. The highest BCUT2D eigenvalue weighted by Crippen LogP contribution is 2.26. The zero-order valence-corrected chi connectivity index (χ0v) is 26.9. The van der Waals surface area contributed by atoms with Crippen LogP contribution >= 0.6 is 0 Å². The molecule has 0 radical (unpaired) electrons. The highest BCUT2D eigenvalue weighted by atomic mass is 32.2. The summed E-state index contributed by atoms with van der Waals surface area (Å²) in [4.78, 5) is 60.3. The quantitative estimate of drug-likeness (QED) is 0.0411. The Hall–Kier alpha value is -4.18. The zero-order chi connectivity index (χ0) is 36.1. The lowest BCUT2D eigenvalue weighted by atomic mass is 9.99. The van der Waals surface area contributed by atoms with E-state index in [1.54, 1.807) is 6.07 Å². The van der Waals surface area contributed by atoms with Gasteiger partial charge in [-0.05, 0) is 25.0 Å². The van der Waals surface area contributed by atoms with Gasteiger partial charge >= 0.3 is 5.97 Å². The van der Waals surface area contributed by atoms with Gasteiger partial charge in [-0.25, -0.2) is 4.79 Å². The molecule has 0 bridgehead atoms. The van der Waals surface area contributed by atoms with E-state index in [2.05, 4.69) is 10.6 Å². The fourth-order valence-electron chi connectivity index (χ4n) is 4.65. The van der Waals surface area contributed by atoms with Crippen LogP contribution in [0.1, 0.15) is 25.7 Å². The molecule has 7 N–H and O–H groups in total. The molecule has 1 aromatic carbocycles. The summed E-state index contributed by atoms with van der Waals surface area (Å²) in [6, 6.07) is 4.36. The minimum atomic E-state index is -4.63. The Kier molecular flexibility index (Phi) is 14.9. The molecule has 4 amide bonds. The number of ether oxygens (including phenoxy) is 4. The number of rotatable bonds is 20. The predicted octanol–water partition coefficient (Wildman–Crippen LogP) is -2.67. The third-order valence-corrected chi connectivity index (χ3v) is 7.88. The molecule has 1 fully saturated rings. The molecule has 3 rings (SSSR count). The van der Waals surface area contributed by atoms with Gasteiger partial charge < -0.3 is 50.0 Å². The Morgan fingerprint density at radius 3 is 2.31 bits per heavy atom. The van der Waals surface area contributed by atoms with Crippen molar-refractivity contribution in [3.63, 3.8) is 0 Å². The Balaban J connectivity index is 1.34. The predicted molar refractivity (Wildman–Crippen MR) is 163 cm³/mol. The number of unbranched alkanes of at least 4 members (excludes halogenated alkanes) is 2. The summed E-state index contributed by atoms with van der Waals surface area (Å²) in [5.41, 5.74) is 0. The number of aliphatic hydroxyl groups excluding tert-OH is 3. The summed E-state index contributed by atoms with van der Waals surface area (Å²) in [7, 11) is -4.63. The Morgan fingerprint density at radius 1 is 0.939 bits per heavy atom. The second-order valence-electron chi connectivity index (χ2n) is 10.9. The Labute approximate surface area is 280 Å². The average Bonchev–Trinajstić information content (AvgIpc) is 3.35. The van der Waals surface area contributed by atoms with Gasteiger partial charge in [0.15, 0.2) is 6.10 Å². The summed E-state index contributed by atoms with van der Waals surface area (Å²) in [5.74, 6) is -4.55. The first-order valence-electron chi connectivity index (χ1n) is 15.1. The molecule has 20 heteroatoms. The molecule has 0 unspecified atom stereocenters. The van der Waals surface area contributed by atoms with Gasteiger partial charge in [0.25, 0.3) is 21.9 Å². The van der Waals surface area contributed by atoms with Gasteiger partial charge in [0.1, 0.15) is 48.2 Å². The molecular formula is C29H39N3O16S. The summed E-state index contributed by atoms with van der Waals surface area (Å²) < 4.78 is 53.6. The minimum Gasteiger partial charge on any atom is -0.491 e. The topological polar surface area (TPSA) is 285 Å². The van der Waals surface area contributed by atoms with E-state index in [1.807, 2.05) is 0 Å². The number of amides is 4. The standard InChI is InChI=1S/C29H39N3O16S/c33-20(7-2-1-3-11-32-21(34)8-9-22(32)35)31-19(16-49(42,43)44)27(39)30-10-12-45-13-14-46-17-5-4-6-18(15-17)47-29-25(38)23(36)24(37)26(48-29)28(40)41/h4-6,8-9,15,19,23-26,29,36-38H,1-3,7,10-14,16H2,(H,30,39)(H,31,33)(H,40,41)(H,42,43,44)/t19-,23-,24-,25+,26-,29+/m0/s1. The van der Waals surface area contributed by atoms with Crippen LogP contribution in [-0.2, 0) is 43.6 Å². The lowest BCUT2D eigenvalue weighted by molar-refractivity contribution is -0.271. The molecular weight excluding hydrogens is 678 g/mol. The number of carboxylic acids is 1. The molecule has 2 aliphatic rings. The number of hydrogen-bond donors (Lipinski definition) is 7. The summed E-state index contributed by atoms with van der Waals surface area (Å²) in [5, 5.41) is 43.7. The number of carboxylic acid groups (broad SMARTS) is 1. The number of aliphatic hydroxyl groups is 3. The Bertz CT molecular complexity index is 1450. The van der Waals surface area contributed by atoms with E-state index in [1.165, 1.54) is 30.4 Å². The third kappa shape index (κ3) is 12.7. The zero-order valence-electron chi connectivity index (χ0n) is 26.1. The van der Waals surface area contributed by atoms with Crippen LogP contribution in [0.4, 0.5) is 0 Å². The van der Waals surface area contributed by atoms with Crippen molar-refractivity contribution in [2.75, 3.05) is 38.7 Å². The lowest BCUT2D eigenvalue weighted by Crippen LogP contribution is -2.61. The van der Waals surface area contributed by atoms with E-state index in [0.717, 1.165) is 4.90 Å². The highest BCUT2D eigenvalue weighted by Gasteiger charge is 2.48. The monoisotopic (exact) mass is 717 g/mol. The van der Waals surface area contributed by atoms with Gasteiger partial charge in [-0.2, -0.15) is 8.42 Å². The number of nitrogens with one attached hydrogen (secondary N) is 2. The van der Waals surface area contributed by atoms with Crippen molar-refractivity contribution in [3.8, 4) is 11.5 Å². The first kappa shape index (κ1) is 39.3. The molecule has 0 spiro atoms. The summed E-state index contributed by atoms with van der Waals surface area (Å²) in [6.07, 6.45) is -5.34. The maximum Gasteiger partial charge on any atom is 0.335 e. The van der Waals surface area contributed by atoms with Crippen LogP contribution in [0.5, 0.6) is 11.5 Å². The first-order chi connectivity index (χ1) is 23.2. The third-order valence-electron chi connectivity index (χ3n) is 7.13. The van der Waals surface area contributed by atoms with Gasteiger partial charge in [-0.3, -0.25) is 28.6 Å². The van der Waals surface area contributed by atoms with E-state index in [4.69, 9.17) is 24.1 Å². The summed E-state index contributed by atoms with van der Waals surface area (Å²) in [6.45, 7) is 0.144. The van der Waals surface area contributed by atoms with E-state index in [-0.39, 0.29) is 50.8 Å². The van der Waals surface area contributed by atoms with Crippen molar-refractivity contribution in [2.24, 2.45) is 0 Å². The van der Waals surface area contributed by atoms with E-state index in [0.29, 0.717) is 19.3 Å². The smallest absolute Gasteiger partial charge is 0.335 e. The number of aliphatic carboxylic acids is 1. The second-order valence-corrected chi connectivity index (χ2v) is 12.4. The number of imide groups is 1. The molecule has 0 aliphatic carbocycles. The van der Waals surface area contributed by atoms with Gasteiger partial charge in [0.05, 0.1) is 13.2 Å². The minimum absolute atomic E-state index is 0.0227. The van der Waals surface area contributed by atoms with Gasteiger partial charge in [0.2, 0.25) is 18.1 Å². The van der Waals surface area contributed by atoms with Crippen LogP contribution < -0.4 is 20.1 Å². The normalized spacial score (nSPS) is 22.9. The SMILES string of the molecule is O=C(CCCCCN1C(=O)C=CC1=O)N[C@@H](CS(=O)(=O)O)C(=O)NCCOCCOc1cccc(O[C@@H]2O[C@H](C(=O)O)[C@@H](O)[C@H](O)[C@H]2O)c1. The molecule has 0 aromatic heterocycles. The maximum atomic E-state index is 12.5. The second kappa shape index (κ2) is 18.5. The fourth-order valence-corrected chi connectivity index (χ4v) is 5.31. The fraction of sp³-hybridized carbons (Fsp3) is 0.552. The van der Waals surface area contributed by atoms with E-state index in [9.17, 15) is 52.3 Å². The van der Waals surface area contributed by atoms with Crippen LogP contribution in [0, 0.1) is 0 Å². The molecule has 19 nitrogen and oxygen atoms in total. The maximum absolute atomic E-state index is 12.5. The van der Waals surface area contributed by atoms with Crippen molar-refractivity contribution < 1.29 is 76.3 Å². The van der Waals surface area contributed by atoms with Gasteiger partial charge in [0, 0.05) is 37.7 Å². The van der Waals surface area contributed by atoms with E-state index < -0.39 is 82.2 Å². The summed E-state index contributed by atoms with van der Waals surface area (Å²) >= 11 is 0. The van der Waals surface area contributed by atoms with Crippen molar-refractivity contribution >= 4 is 39.7 Å². The van der Waals surface area contributed by atoms with Gasteiger partial charge in [-0.15, -0.1) is 0 Å². The molecule has 1 aromatic rings. The van der Waals surface area contributed by atoms with Crippen LogP contribution in [0.2, 0.25) is 0 Å². The molecule has 272 valence electrons. The molecule has 1 saturated heterocycles. The van der Waals surface area contributed by atoms with Crippen molar-refractivity contribution in [3.05, 3.63) is 36.4 Å². The first-order valence-corrected chi connectivity index (χ1v) is 16.7. The van der Waals surface area contributed by atoms with Crippen LogP contribution in [0.15, 0.2) is 36.4 Å². The molecule has 2 heterocycles. The number of carbonyl (C=O) groups is 5. The molecule has 0 saturated carbocycles.